The lowest BCUT2D eigenvalue weighted by Gasteiger charge is -2.31. The van der Waals surface area contributed by atoms with E-state index in [-0.39, 0.29) is 31.6 Å². The van der Waals surface area contributed by atoms with Crippen LogP contribution in [0, 0.1) is 5.92 Å². The summed E-state index contributed by atoms with van der Waals surface area (Å²) in [7, 11) is 0. The van der Waals surface area contributed by atoms with Gasteiger partial charge in [-0.3, -0.25) is 4.90 Å². The Hall–Kier alpha value is -4.01. The summed E-state index contributed by atoms with van der Waals surface area (Å²) in [6, 6.07) is 14.5. The zero-order valence-electron chi connectivity index (χ0n) is 18.1. The first kappa shape index (κ1) is 25.3. The van der Waals surface area contributed by atoms with Crippen LogP contribution in [0.15, 0.2) is 60.7 Å². The number of carboxylic acids is 1. The van der Waals surface area contributed by atoms with Crippen LogP contribution in [0.3, 0.4) is 0 Å². The summed E-state index contributed by atoms with van der Waals surface area (Å²) in [5.41, 5.74) is 0.419. The molecule has 0 aromatic heterocycles. The lowest BCUT2D eigenvalue weighted by Crippen LogP contribution is -2.51. The topological polar surface area (TPSA) is 127 Å². The molecule has 2 unspecified atom stereocenters. The standard InChI is InChI=1S/C24H25NO8/c1-17(16-32-22(29)18-10-4-2-5-11-18)20(21(27)28)25(14-8-9-15-26)24(31)33-23(30)19-12-6-3-7-13-19/h2-7,10-13,15,17,20H,8-9,14,16H2,1H3,(H,27,28). The maximum absolute atomic E-state index is 12.8. The molecule has 0 saturated carbocycles. The Bertz CT molecular complexity index is 961. The minimum Gasteiger partial charge on any atom is -0.480 e. The number of aldehydes is 1. The van der Waals surface area contributed by atoms with Gasteiger partial charge in [0.2, 0.25) is 0 Å². The third kappa shape index (κ3) is 7.57. The molecule has 2 aromatic rings. The Morgan fingerprint density at radius 2 is 1.48 bits per heavy atom. The first-order chi connectivity index (χ1) is 15.8. The summed E-state index contributed by atoms with van der Waals surface area (Å²) < 4.78 is 10.1. The molecule has 9 heteroatoms. The number of carboxylic acid groups (broad SMARTS) is 1. The maximum atomic E-state index is 12.8. The molecular weight excluding hydrogens is 430 g/mol. The van der Waals surface area contributed by atoms with Crippen LogP contribution >= 0.6 is 0 Å². The van der Waals surface area contributed by atoms with Crippen LogP contribution in [0.2, 0.25) is 0 Å². The molecule has 0 aliphatic heterocycles. The van der Waals surface area contributed by atoms with E-state index in [1.807, 2.05) is 0 Å². The van der Waals surface area contributed by atoms with E-state index < -0.39 is 36.0 Å². The number of esters is 2. The SMILES string of the molecule is CC(COC(=O)c1ccccc1)C(C(=O)O)N(CCCC=O)C(=O)OC(=O)c1ccccc1. The van der Waals surface area contributed by atoms with Crippen molar-refractivity contribution in [3.8, 4) is 0 Å². The van der Waals surface area contributed by atoms with Crippen LogP contribution in [-0.4, -0.2) is 59.5 Å². The van der Waals surface area contributed by atoms with Crippen LogP contribution in [0.4, 0.5) is 4.79 Å². The van der Waals surface area contributed by atoms with Gasteiger partial charge in [0, 0.05) is 18.9 Å². The fraction of sp³-hybridized carbons (Fsp3) is 0.292. The van der Waals surface area contributed by atoms with Gasteiger partial charge < -0.3 is 19.4 Å². The number of hydrogen-bond donors (Lipinski definition) is 1. The van der Waals surface area contributed by atoms with Crippen molar-refractivity contribution < 1.29 is 38.6 Å². The Kier molecular flexibility index (Phi) is 9.76. The third-order valence-electron chi connectivity index (χ3n) is 4.76. The van der Waals surface area contributed by atoms with Gasteiger partial charge in [-0.15, -0.1) is 0 Å². The van der Waals surface area contributed by atoms with Crippen molar-refractivity contribution in [1.29, 1.82) is 0 Å². The minimum atomic E-state index is -1.46. The van der Waals surface area contributed by atoms with E-state index in [1.54, 1.807) is 48.5 Å². The average Bonchev–Trinajstić information content (AvgIpc) is 2.82. The number of aliphatic carboxylic acids is 1. The number of rotatable bonds is 11. The van der Waals surface area contributed by atoms with E-state index in [2.05, 4.69) is 0 Å². The number of unbranched alkanes of at least 4 members (excludes halogenated alkanes) is 1. The molecule has 0 aliphatic carbocycles. The highest BCUT2D eigenvalue weighted by atomic mass is 16.6. The summed E-state index contributed by atoms with van der Waals surface area (Å²) in [6.45, 7) is 1.05. The lowest BCUT2D eigenvalue weighted by molar-refractivity contribution is -0.145. The van der Waals surface area contributed by atoms with Gasteiger partial charge in [0.25, 0.3) is 0 Å². The van der Waals surface area contributed by atoms with E-state index >= 15 is 0 Å². The Labute approximate surface area is 190 Å². The molecule has 0 bridgehead atoms. The van der Waals surface area contributed by atoms with Gasteiger partial charge in [0.05, 0.1) is 17.7 Å². The van der Waals surface area contributed by atoms with Gasteiger partial charge in [-0.2, -0.15) is 0 Å². The fourth-order valence-corrected chi connectivity index (χ4v) is 3.10. The van der Waals surface area contributed by atoms with Gasteiger partial charge in [0.1, 0.15) is 12.3 Å². The monoisotopic (exact) mass is 455 g/mol. The molecule has 0 heterocycles. The highest BCUT2D eigenvalue weighted by Gasteiger charge is 2.36. The highest BCUT2D eigenvalue weighted by molar-refractivity contribution is 5.97. The third-order valence-corrected chi connectivity index (χ3v) is 4.76. The fourth-order valence-electron chi connectivity index (χ4n) is 3.10. The second-order valence-electron chi connectivity index (χ2n) is 7.25. The zero-order chi connectivity index (χ0) is 24.2. The maximum Gasteiger partial charge on any atom is 0.418 e. The summed E-state index contributed by atoms with van der Waals surface area (Å²) in [5.74, 6) is -3.78. The summed E-state index contributed by atoms with van der Waals surface area (Å²) >= 11 is 0. The Balaban J connectivity index is 2.14. The van der Waals surface area contributed by atoms with Crippen molar-refractivity contribution in [3.05, 3.63) is 71.8 Å². The van der Waals surface area contributed by atoms with Gasteiger partial charge >= 0.3 is 24.0 Å². The summed E-state index contributed by atoms with van der Waals surface area (Å²) in [5, 5.41) is 9.81. The van der Waals surface area contributed by atoms with Gasteiger partial charge in [-0.05, 0) is 30.7 Å². The van der Waals surface area contributed by atoms with Gasteiger partial charge in [-0.25, -0.2) is 19.2 Å². The smallest absolute Gasteiger partial charge is 0.418 e. The van der Waals surface area contributed by atoms with Crippen molar-refractivity contribution in [2.24, 2.45) is 5.92 Å². The number of hydrogen-bond acceptors (Lipinski definition) is 7. The van der Waals surface area contributed by atoms with E-state index in [9.17, 15) is 29.1 Å². The molecule has 2 aromatic carbocycles. The molecule has 2 atom stereocenters. The van der Waals surface area contributed by atoms with E-state index in [0.717, 1.165) is 4.90 Å². The minimum absolute atomic E-state index is 0.0835. The molecule has 33 heavy (non-hydrogen) atoms. The molecule has 0 aliphatic rings. The first-order valence-corrected chi connectivity index (χ1v) is 10.3. The van der Waals surface area contributed by atoms with Crippen molar-refractivity contribution in [2.45, 2.75) is 25.8 Å². The lowest BCUT2D eigenvalue weighted by atomic mass is 10.0. The van der Waals surface area contributed by atoms with Crippen LogP contribution in [0.1, 0.15) is 40.5 Å². The number of benzene rings is 2. The first-order valence-electron chi connectivity index (χ1n) is 10.3. The summed E-state index contributed by atoms with van der Waals surface area (Å²) in [6.07, 6.45) is -0.277. The molecule has 0 radical (unpaired) electrons. The largest absolute Gasteiger partial charge is 0.480 e. The second kappa shape index (κ2) is 12.7. The molecule has 1 amide bonds. The van der Waals surface area contributed by atoms with Crippen molar-refractivity contribution >= 4 is 30.3 Å². The molecule has 0 spiro atoms. The Morgan fingerprint density at radius 1 is 0.939 bits per heavy atom. The second-order valence-corrected chi connectivity index (χ2v) is 7.25. The zero-order valence-corrected chi connectivity index (χ0v) is 18.1. The average molecular weight is 455 g/mol. The van der Waals surface area contributed by atoms with Gasteiger partial charge in [-0.1, -0.05) is 43.3 Å². The molecule has 1 N–H and O–H groups in total. The van der Waals surface area contributed by atoms with Gasteiger partial charge in [0.15, 0.2) is 0 Å². The van der Waals surface area contributed by atoms with E-state index in [4.69, 9.17) is 9.47 Å². The van der Waals surface area contributed by atoms with Crippen LogP contribution in [0.5, 0.6) is 0 Å². The van der Waals surface area contributed by atoms with E-state index in [0.29, 0.717) is 11.8 Å². The predicted octanol–water partition coefficient (Wildman–Crippen LogP) is 3.19. The molecular formula is C24H25NO8. The highest BCUT2D eigenvalue weighted by Crippen LogP contribution is 2.17. The quantitative estimate of drug-likeness (QED) is 0.237. The number of nitrogens with zero attached hydrogens (tertiary/aromatic N) is 1. The van der Waals surface area contributed by atoms with Crippen LogP contribution in [-0.2, 0) is 19.1 Å². The Morgan fingerprint density at radius 3 is 2.00 bits per heavy atom. The molecule has 2 rings (SSSR count). The van der Waals surface area contributed by atoms with E-state index in [1.165, 1.54) is 19.1 Å². The number of ether oxygens (including phenoxy) is 2. The normalized spacial score (nSPS) is 12.2. The summed E-state index contributed by atoms with van der Waals surface area (Å²) in [4.78, 5) is 60.9. The number of amides is 1. The van der Waals surface area contributed by atoms with Crippen molar-refractivity contribution in [1.82, 2.24) is 4.90 Å². The molecule has 0 saturated heterocycles. The van der Waals surface area contributed by atoms with Crippen LogP contribution in [0.25, 0.3) is 0 Å². The molecule has 0 fully saturated rings. The van der Waals surface area contributed by atoms with Crippen molar-refractivity contribution in [2.75, 3.05) is 13.2 Å². The van der Waals surface area contributed by atoms with Crippen LogP contribution < -0.4 is 0 Å². The molecule has 9 nitrogen and oxygen atoms in total. The van der Waals surface area contributed by atoms with Crippen molar-refractivity contribution in [3.63, 3.8) is 0 Å². The predicted molar refractivity (Wildman–Crippen MR) is 117 cm³/mol. The number of carbonyl (C=O) groups excluding carboxylic acids is 4. The molecule has 174 valence electrons. The number of carbonyl (C=O) groups is 5.